The van der Waals surface area contributed by atoms with Crippen LogP contribution in [0.4, 0.5) is 13.2 Å². The third-order valence-electron chi connectivity index (χ3n) is 4.38. The second kappa shape index (κ2) is 9.22. The number of sulfonamides is 1. The number of nitrogens with one attached hydrogen (secondary N) is 3. The standard InChI is InChI=1S/C16H22F3N3O3S.ClH/c1-15(6-8-20-9-7-15)10-22-26(24,25)13-4-2-12(3-5-13)14(23)21-11-16(17,18)19;/h2-5,20,22H,6-11H2,1H3,(H,21,23);1H. The highest BCUT2D eigenvalue weighted by atomic mass is 35.5. The van der Waals surface area contributed by atoms with Crippen molar-refractivity contribution in [3.05, 3.63) is 29.8 Å². The highest BCUT2D eigenvalue weighted by Gasteiger charge is 2.29. The largest absolute Gasteiger partial charge is 0.405 e. The number of alkyl halides is 3. The molecule has 1 fully saturated rings. The van der Waals surface area contributed by atoms with E-state index in [4.69, 9.17) is 0 Å². The van der Waals surface area contributed by atoms with Crippen molar-refractivity contribution in [3.63, 3.8) is 0 Å². The minimum atomic E-state index is -4.51. The molecule has 0 spiro atoms. The van der Waals surface area contributed by atoms with Gasteiger partial charge in [0.2, 0.25) is 10.0 Å². The van der Waals surface area contributed by atoms with E-state index in [2.05, 4.69) is 10.0 Å². The Morgan fingerprint density at radius 1 is 1.19 bits per heavy atom. The van der Waals surface area contributed by atoms with Crippen LogP contribution in [0, 0.1) is 5.41 Å². The number of rotatable bonds is 6. The highest BCUT2D eigenvalue weighted by Crippen LogP contribution is 2.27. The van der Waals surface area contributed by atoms with E-state index in [0.717, 1.165) is 25.9 Å². The Hall–Kier alpha value is -1.36. The Balaban J connectivity index is 0.00000364. The summed E-state index contributed by atoms with van der Waals surface area (Å²) in [6.45, 7) is 2.54. The first-order valence-electron chi connectivity index (χ1n) is 8.16. The van der Waals surface area contributed by atoms with Crippen molar-refractivity contribution in [2.24, 2.45) is 5.41 Å². The van der Waals surface area contributed by atoms with Gasteiger partial charge < -0.3 is 10.6 Å². The molecular weight excluding hydrogens is 407 g/mol. The minimum Gasteiger partial charge on any atom is -0.343 e. The molecule has 0 unspecified atom stereocenters. The molecule has 154 valence electrons. The van der Waals surface area contributed by atoms with Gasteiger partial charge in [-0.05, 0) is 55.6 Å². The predicted molar refractivity (Wildman–Crippen MR) is 97.5 cm³/mol. The molecule has 1 aliphatic rings. The number of benzene rings is 1. The van der Waals surface area contributed by atoms with Gasteiger partial charge in [-0.1, -0.05) is 6.92 Å². The molecule has 0 bridgehead atoms. The molecule has 1 heterocycles. The zero-order valence-electron chi connectivity index (χ0n) is 14.7. The average molecular weight is 430 g/mol. The van der Waals surface area contributed by atoms with Crippen molar-refractivity contribution in [3.8, 4) is 0 Å². The summed E-state index contributed by atoms with van der Waals surface area (Å²) in [5, 5.41) is 4.95. The van der Waals surface area contributed by atoms with Crippen LogP contribution in [0.5, 0.6) is 0 Å². The Morgan fingerprint density at radius 3 is 2.26 bits per heavy atom. The van der Waals surface area contributed by atoms with Gasteiger partial charge in [0.25, 0.3) is 5.91 Å². The molecule has 1 aromatic rings. The van der Waals surface area contributed by atoms with E-state index in [-0.39, 0.29) is 28.3 Å². The summed E-state index contributed by atoms with van der Waals surface area (Å²) in [5.41, 5.74) is -0.172. The summed E-state index contributed by atoms with van der Waals surface area (Å²) in [4.78, 5) is 11.6. The summed E-state index contributed by atoms with van der Waals surface area (Å²) in [5.74, 6) is -0.915. The quantitative estimate of drug-likeness (QED) is 0.646. The van der Waals surface area contributed by atoms with Crippen LogP contribution >= 0.6 is 12.4 Å². The fourth-order valence-corrected chi connectivity index (χ4v) is 3.83. The third-order valence-corrected chi connectivity index (χ3v) is 5.79. The number of hydrogen-bond donors (Lipinski definition) is 3. The molecule has 1 aliphatic heterocycles. The monoisotopic (exact) mass is 429 g/mol. The maximum Gasteiger partial charge on any atom is 0.405 e. The normalized spacial score (nSPS) is 17.0. The van der Waals surface area contributed by atoms with E-state index in [1.54, 1.807) is 5.32 Å². The van der Waals surface area contributed by atoms with Crippen LogP contribution in [-0.2, 0) is 10.0 Å². The molecule has 0 saturated carbocycles. The highest BCUT2D eigenvalue weighted by molar-refractivity contribution is 7.89. The van der Waals surface area contributed by atoms with Crippen LogP contribution in [0.1, 0.15) is 30.1 Å². The van der Waals surface area contributed by atoms with Crippen LogP contribution in [-0.4, -0.2) is 46.7 Å². The van der Waals surface area contributed by atoms with Gasteiger partial charge in [0.1, 0.15) is 6.54 Å². The van der Waals surface area contributed by atoms with E-state index in [1.165, 1.54) is 24.3 Å². The van der Waals surface area contributed by atoms with Gasteiger partial charge >= 0.3 is 6.18 Å². The first-order chi connectivity index (χ1) is 12.0. The Morgan fingerprint density at radius 2 is 1.74 bits per heavy atom. The van der Waals surface area contributed by atoms with E-state index < -0.39 is 28.7 Å². The molecule has 0 aliphatic carbocycles. The second-order valence-corrected chi connectivity index (χ2v) is 8.47. The molecule has 1 saturated heterocycles. The summed E-state index contributed by atoms with van der Waals surface area (Å²) < 4.78 is 63.7. The Labute approximate surface area is 162 Å². The van der Waals surface area contributed by atoms with Crippen LogP contribution in [0.2, 0.25) is 0 Å². The lowest BCUT2D eigenvalue weighted by atomic mass is 9.81. The van der Waals surface area contributed by atoms with Crippen molar-refractivity contribution < 1.29 is 26.4 Å². The van der Waals surface area contributed by atoms with Crippen LogP contribution in [0.3, 0.4) is 0 Å². The Bertz CT molecular complexity index is 734. The Kier molecular flexibility index (Phi) is 8.09. The fraction of sp³-hybridized carbons (Fsp3) is 0.562. The first kappa shape index (κ1) is 23.7. The molecule has 1 amide bonds. The lowest BCUT2D eigenvalue weighted by Gasteiger charge is -2.34. The summed E-state index contributed by atoms with van der Waals surface area (Å²) >= 11 is 0. The van der Waals surface area contributed by atoms with Gasteiger partial charge in [-0.15, -0.1) is 12.4 Å². The molecule has 6 nitrogen and oxygen atoms in total. The van der Waals surface area contributed by atoms with Crippen molar-refractivity contribution in [1.82, 2.24) is 15.4 Å². The summed E-state index contributed by atoms with van der Waals surface area (Å²) in [6.07, 6.45) is -2.80. The van der Waals surface area contributed by atoms with Gasteiger partial charge in [-0.25, -0.2) is 13.1 Å². The van der Waals surface area contributed by atoms with Crippen molar-refractivity contribution >= 4 is 28.3 Å². The molecule has 11 heteroatoms. The van der Waals surface area contributed by atoms with E-state index in [9.17, 15) is 26.4 Å². The number of amides is 1. The zero-order chi connectivity index (χ0) is 19.4. The molecule has 0 radical (unpaired) electrons. The SMILES string of the molecule is CC1(CNS(=O)(=O)c2ccc(C(=O)NCC(F)(F)F)cc2)CCNCC1.Cl. The summed E-state index contributed by atoms with van der Waals surface area (Å²) in [6, 6.07) is 4.78. The van der Waals surface area contributed by atoms with Gasteiger partial charge in [0.15, 0.2) is 0 Å². The number of halogens is 4. The first-order valence-corrected chi connectivity index (χ1v) is 9.65. The molecule has 0 aromatic heterocycles. The maximum absolute atomic E-state index is 12.4. The van der Waals surface area contributed by atoms with Gasteiger partial charge in [-0.2, -0.15) is 13.2 Å². The molecule has 27 heavy (non-hydrogen) atoms. The van der Waals surface area contributed by atoms with Crippen molar-refractivity contribution in [2.75, 3.05) is 26.2 Å². The number of hydrogen-bond acceptors (Lipinski definition) is 4. The van der Waals surface area contributed by atoms with Gasteiger partial charge in [-0.3, -0.25) is 4.79 Å². The molecule has 3 N–H and O–H groups in total. The lowest BCUT2D eigenvalue weighted by molar-refractivity contribution is -0.123. The summed E-state index contributed by atoms with van der Waals surface area (Å²) in [7, 11) is -3.76. The molecule has 2 rings (SSSR count). The van der Waals surface area contributed by atoms with Crippen LogP contribution in [0.15, 0.2) is 29.2 Å². The fourth-order valence-electron chi connectivity index (χ4n) is 2.63. The van der Waals surface area contributed by atoms with E-state index >= 15 is 0 Å². The average Bonchev–Trinajstić information content (AvgIpc) is 2.58. The lowest BCUT2D eigenvalue weighted by Crippen LogP contribution is -2.42. The van der Waals surface area contributed by atoms with E-state index in [1.807, 2.05) is 6.92 Å². The second-order valence-electron chi connectivity index (χ2n) is 6.71. The van der Waals surface area contributed by atoms with Gasteiger partial charge in [0.05, 0.1) is 4.90 Å². The van der Waals surface area contributed by atoms with Crippen LogP contribution < -0.4 is 15.4 Å². The van der Waals surface area contributed by atoms with Crippen LogP contribution in [0.25, 0.3) is 0 Å². The van der Waals surface area contributed by atoms with Crippen molar-refractivity contribution in [2.45, 2.75) is 30.8 Å². The van der Waals surface area contributed by atoms with E-state index in [0.29, 0.717) is 6.54 Å². The number of carbonyl (C=O) groups excluding carboxylic acids is 1. The van der Waals surface area contributed by atoms with Crippen molar-refractivity contribution in [1.29, 1.82) is 0 Å². The maximum atomic E-state index is 12.4. The molecular formula is C16H23ClF3N3O3S. The topological polar surface area (TPSA) is 87.3 Å². The number of piperidine rings is 1. The smallest absolute Gasteiger partial charge is 0.343 e. The zero-order valence-corrected chi connectivity index (χ0v) is 16.4. The van der Waals surface area contributed by atoms with Gasteiger partial charge in [0, 0.05) is 12.1 Å². The molecule has 1 aromatic carbocycles. The third kappa shape index (κ3) is 7.28. The molecule has 0 atom stereocenters. The minimum absolute atomic E-state index is 0. The number of carbonyl (C=O) groups is 1. The predicted octanol–water partition coefficient (Wildman–Crippen LogP) is 2.07.